The van der Waals surface area contributed by atoms with Crippen LogP contribution in [0.3, 0.4) is 0 Å². The zero-order valence-electron chi connectivity index (χ0n) is 28.8. The Morgan fingerprint density at radius 1 is 0.370 bits per heavy atom. The third-order valence-corrected chi connectivity index (χ3v) is 15.1. The molecule has 2 nitrogen and oxygen atoms in total. The van der Waals surface area contributed by atoms with Gasteiger partial charge in [-0.15, -0.1) is 0 Å². The van der Waals surface area contributed by atoms with Gasteiger partial charge in [0.1, 0.15) is 37.6 Å². The predicted molar refractivity (Wildman–Crippen MR) is 212 cm³/mol. The van der Waals surface area contributed by atoms with Gasteiger partial charge in [-0.1, -0.05) is 121 Å². The zero-order chi connectivity index (χ0) is 37.7. The van der Waals surface area contributed by atoms with Crippen molar-refractivity contribution < 1.29 is 26.7 Å². The van der Waals surface area contributed by atoms with Crippen molar-refractivity contribution in [1.82, 2.24) is 0 Å². The van der Waals surface area contributed by atoms with Crippen molar-refractivity contribution in [3.8, 4) is 0 Å². The summed E-state index contributed by atoms with van der Waals surface area (Å²) in [5.41, 5.74) is 1.48. The lowest BCUT2D eigenvalue weighted by Gasteiger charge is -2.20. The van der Waals surface area contributed by atoms with Crippen molar-refractivity contribution >= 4 is 57.0 Å². The molecule has 0 saturated carbocycles. The van der Waals surface area contributed by atoms with Gasteiger partial charge in [0.2, 0.25) is 0 Å². The minimum absolute atomic E-state index is 0.144. The molecule has 0 fully saturated rings. The van der Waals surface area contributed by atoms with E-state index in [1.165, 1.54) is 72.8 Å². The molecular weight excluding hydrogens is 722 g/mol. The number of hydrogen-bond acceptors (Lipinski definition) is 2. The van der Waals surface area contributed by atoms with E-state index in [1.54, 1.807) is 24.3 Å². The fourth-order valence-electron chi connectivity index (χ4n) is 6.45. The van der Waals surface area contributed by atoms with Gasteiger partial charge in [0.25, 0.3) is 0 Å². The molecule has 2 radical (unpaired) electrons. The Bertz CT molecular complexity index is 2430. The number of halogens is 4. The van der Waals surface area contributed by atoms with Crippen molar-refractivity contribution in [2.45, 2.75) is 12.3 Å². The van der Waals surface area contributed by atoms with Crippen LogP contribution in [-0.2, 0) is 21.5 Å². The third-order valence-electron chi connectivity index (χ3n) is 9.13. The topological polar surface area (TPSA) is 34.1 Å². The monoisotopic (exact) mass is 754 g/mol. The first kappa shape index (κ1) is 36.8. The highest BCUT2D eigenvalue weighted by molar-refractivity contribution is 7.78. The standard InChI is InChI=1S/2C23H16F2OP/c2*24-20-7-3-9-22(14-20)27(26,23-10-4-8-21(25)15-23)16-17-11-12-18-5-1-2-6-19(18)13-17/h2*1-12,14-15H,16H2. The van der Waals surface area contributed by atoms with Crippen LogP contribution in [0.2, 0.25) is 0 Å². The fourth-order valence-corrected chi connectivity index (χ4v) is 11.7. The van der Waals surface area contributed by atoms with Gasteiger partial charge in [-0.05, 0) is 93.3 Å². The summed E-state index contributed by atoms with van der Waals surface area (Å²) in [6.45, 7) is 0. The summed E-state index contributed by atoms with van der Waals surface area (Å²) in [5.74, 6) is -1.86. The van der Waals surface area contributed by atoms with Gasteiger partial charge >= 0.3 is 0 Å². The van der Waals surface area contributed by atoms with Crippen LogP contribution in [0.25, 0.3) is 21.5 Å². The minimum Gasteiger partial charge on any atom is -0.313 e. The quantitative estimate of drug-likeness (QED) is 0.114. The smallest absolute Gasteiger partial charge is 0.147 e. The summed E-state index contributed by atoms with van der Waals surface area (Å²) in [6, 6.07) is 52.7. The van der Waals surface area contributed by atoms with E-state index in [0.29, 0.717) is 21.2 Å². The number of hydrogen-bond donors (Lipinski definition) is 0. The third kappa shape index (κ3) is 8.16. The molecular formula is C46H32F4O2P2. The maximum atomic E-state index is 14.1. The first-order chi connectivity index (χ1) is 26.1. The lowest BCUT2D eigenvalue weighted by molar-refractivity contribution is 0.584. The van der Waals surface area contributed by atoms with Crippen LogP contribution in [0, 0.1) is 35.4 Å². The molecule has 0 aliphatic carbocycles. The molecule has 54 heavy (non-hydrogen) atoms. The summed E-state index contributed by atoms with van der Waals surface area (Å²) in [6.07, 6.45) is 0.287. The second-order valence-corrected chi connectivity index (χ2v) is 18.5. The highest BCUT2D eigenvalue weighted by atomic mass is 31.2. The largest absolute Gasteiger partial charge is 0.313 e. The number of rotatable bonds is 8. The van der Waals surface area contributed by atoms with Crippen LogP contribution in [-0.4, -0.2) is 0 Å². The Hall–Kier alpha value is -5.54. The number of benzene rings is 8. The van der Waals surface area contributed by atoms with Crippen LogP contribution in [0.15, 0.2) is 170 Å². The Labute approximate surface area is 311 Å². The van der Waals surface area contributed by atoms with Crippen molar-refractivity contribution in [3.63, 3.8) is 0 Å². The van der Waals surface area contributed by atoms with E-state index >= 15 is 0 Å². The highest BCUT2D eigenvalue weighted by Crippen LogP contribution is 2.48. The Morgan fingerprint density at radius 3 is 1.00 bits per heavy atom. The van der Waals surface area contributed by atoms with Crippen molar-refractivity contribution in [2.75, 3.05) is 0 Å². The maximum Gasteiger partial charge on any atom is 0.147 e. The Morgan fingerprint density at radius 2 is 0.685 bits per heavy atom. The molecule has 0 atom stereocenters. The molecule has 8 heteroatoms. The molecule has 0 N–H and O–H groups in total. The Kier molecular flexibility index (Phi) is 10.8. The molecule has 8 rings (SSSR count). The normalized spacial score (nSPS) is 11.6. The molecule has 8 aromatic carbocycles. The van der Waals surface area contributed by atoms with Gasteiger partial charge in [-0.2, -0.15) is 0 Å². The van der Waals surface area contributed by atoms with Gasteiger partial charge < -0.3 is 9.13 Å². The van der Waals surface area contributed by atoms with E-state index in [-0.39, 0.29) is 12.3 Å². The summed E-state index contributed by atoms with van der Waals surface area (Å²) in [5, 5.41) is 5.38. The molecule has 266 valence electrons. The zero-order valence-corrected chi connectivity index (χ0v) is 30.6. The van der Waals surface area contributed by atoms with Gasteiger partial charge in [-0.25, -0.2) is 17.6 Å². The van der Waals surface area contributed by atoms with Crippen molar-refractivity contribution in [1.29, 1.82) is 0 Å². The van der Waals surface area contributed by atoms with E-state index in [1.807, 2.05) is 72.8 Å². The average molecular weight is 755 g/mol. The molecule has 0 unspecified atom stereocenters. The first-order valence-electron chi connectivity index (χ1n) is 17.1. The van der Waals surface area contributed by atoms with Gasteiger partial charge in [-0.3, -0.25) is 0 Å². The van der Waals surface area contributed by atoms with Crippen LogP contribution >= 0.6 is 14.3 Å². The number of fused-ring (bicyclic) bond motifs is 2. The second-order valence-electron chi connectivity index (χ2n) is 12.9. The summed E-state index contributed by atoms with van der Waals surface area (Å²) >= 11 is 0. The second kappa shape index (κ2) is 15.8. The molecule has 0 heterocycles. The minimum atomic E-state index is -3.29. The summed E-state index contributed by atoms with van der Waals surface area (Å²) < 4.78 is 83.5. The van der Waals surface area contributed by atoms with E-state index in [9.17, 15) is 26.7 Å². The van der Waals surface area contributed by atoms with E-state index in [4.69, 9.17) is 0 Å². The van der Waals surface area contributed by atoms with Gasteiger partial charge in [0.05, 0.1) is 0 Å². The van der Waals surface area contributed by atoms with Crippen LogP contribution in [0.5, 0.6) is 0 Å². The first-order valence-corrected chi connectivity index (χ1v) is 20.9. The molecule has 0 amide bonds. The van der Waals surface area contributed by atoms with E-state index in [0.717, 1.165) is 32.7 Å². The van der Waals surface area contributed by atoms with Crippen LogP contribution in [0.1, 0.15) is 11.1 Å². The lowest BCUT2D eigenvalue weighted by Crippen LogP contribution is -2.18. The molecule has 0 bridgehead atoms. The van der Waals surface area contributed by atoms with Crippen molar-refractivity contribution in [2.24, 2.45) is 0 Å². The SMILES string of the molecule is O=P(Cc1[c]c2ccccc2cc1)(c1cccc(F)c1)c1cccc(F)c1.O=P(Cc1[c]c2ccccc2cc1)(c1cccc(F)c1)c1cccc(F)c1. The Balaban J connectivity index is 0.000000167. The molecule has 0 spiro atoms. The van der Waals surface area contributed by atoms with E-state index < -0.39 is 37.6 Å². The molecule has 0 aliphatic rings. The molecule has 0 aliphatic heterocycles. The van der Waals surface area contributed by atoms with Gasteiger partial charge in [0, 0.05) is 33.5 Å². The molecule has 8 aromatic rings. The summed E-state index contributed by atoms with van der Waals surface area (Å²) in [7, 11) is -6.58. The average Bonchev–Trinajstić information content (AvgIpc) is 3.18. The highest BCUT2D eigenvalue weighted by Gasteiger charge is 2.30. The lowest BCUT2D eigenvalue weighted by atomic mass is 10.1. The molecule has 0 aromatic heterocycles. The maximum absolute atomic E-state index is 14.1. The van der Waals surface area contributed by atoms with Crippen molar-refractivity contribution in [3.05, 3.63) is 216 Å². The predicted octanol–water partition coefficient (Wildman–Crippen LogP) is 10.9. The fraction of sp³-hybridized carbons (Fsp3) is 0.0435. The summed E-state index contributed by atoms with van der Waals surface area (Å²) in [4.78, 5) is 0. The van der Waals surface area contributed by atoms with E-state index in [2.05, 4.69) is 12.1 Å². The van der Waals surface area contributed by atoms with Crippen LogP contribution < -0.4 is 21.2 Å². The van der Waals surface area contributed by atoms with Crippen LogP contribution in [0.4, 0.5) is 17.6 Å². The molecule has 0 saturated heterocycles. The van der Waals surface area contributed by atoms with Gasteiger partial charge in [0.15, 0.2) is 0 Å².